The maximum atomic E-state index is 8.94. The van der Waals surface area contributed by atoms with Crippen LogP contribution in [0.5, 0.6) is 0 Å². The van der Waals surface area contributed by atoms with E-state index in [1.807, 2.05) is 14.0 Å². The molecule has 68 valence electrons. The third-order valence-electron chi connectivity index (χ3n) is 1.72. The van der Waals surface area contributed by atoms with Crippen LogP contribution in [0.3, 0.4) is 0 Å². The van der Waals surface area contributed by atoms with Gasteiger partial charge in [-0.2, -0.15) is 0 Å². The summed E-state index contributed by atoms with van der Waals surface area (Å²) in [5, 5.41) is 12.0. The van der Waals surface area contributed by atoms with Crippen molar-refractivity contribution in [3.8, 4) is 0 Å². The van der Waals surface area contributed by atoms with Crippen LogP contribution in [0.4, 0.5) is 0 Å². The Labute approximate surface area is 68.8 Å². The number of hydrogen-bond donors (Lipinski definition) is 2. The normalized spacial score (nSPS) is 16.4. The Balaban J connectivity index is 3.51. The molecule has 0 aliphatic carbocycles. The first-order valence-electron chi connectivity index (χ1n) is 4.06. The first kappa shape index (κ1) is 10.9. The van der Waals surface area contributed by atoms with Gasteiger partial charge in [-0.05, 0) is 20.4 Å². The zero-order valence-corrected chi connectivity index (χ0v) is 7.68. The maximum absolute atomic E-state index is 8.94. The van der Waals surface area contributed by atoms with Crippen molar-refractivity contribution in [2.45, 2.75) is 25.8 Å². The second-order valence-electron chi connectivity index (χ2n) is 3.02. The third kappa shape index (κ3) is 4.35. The summed E-state index contributed by atoms with van der Waals surface area (Å²) in [5.74, 6) is 0. The highest BCUT2D eigenvalue weighted by atomic mass is 16.5. The Bertz CT molecular complexity index is 92.1. The highest BCUT2D eigenvalue weighted by Crippen LogP contribution is 2.01. The SMILES string of the molecule is CCCOCC(C)(CO)NC. The molecule has 0 aliphatic heterocycles. The molecule has 1 atom stereocenters. The Morgan fingerprint density at radius 1 is 1.55 bits per heavy atom. The summed E-state index contributed by atoms with van der Waals surface area (Å²) in [6.45, 7) is 5.43. The molecule has 1 unspecified atom stereocenters. The molecular formula is C8H19NO2. The number of likely N-dealkylation sites (N-methyl/N-ethyl adjacent to an activating group) is 1. The molecule has 0 fully saturated rings. The highest BCUT2D eigenvalue weighted by Gasteiger charge is 2.20. The van der Waals surface area contributed by atoms with Crippen LogP contribution in [0, 0.1) is 0 Å². The predicted molar refractivity (Wildman–Crippen MR) is 45.7 cm³/mol. The Morgan fingerprint density at radius 3 is 2.55 bits per heavy atom. The van der Waals surface area contributed by atoms with E-state index in [4.69, 9.17) is 9.84 Å². The first-order chi connectivity index (χ1) is 5.18. The summed E-state index contributed by atoms with van der Waals surface area (Å²) in [5.41, 5.74) is -0.283. The lowest BCUT2D eigenvalue weighted by molar-refractivity contribution is 0.0486. The summed E-state index contributed by atoms with van der Waals surface area (Å²) >= 11 is 0. The van der Waals surface area contributed by atoms with Crippen LogP contribution >= 0.6 is 0 Å². The fourth-order valence-electron chi connectivity index (χ4n) is 0.639. The van der Waals surface area contributed by atoms with Crippen LogP contribution in [0.25, 0.3) is 0 Å². The monoisotopic (exact) mass is 161 g/mol. The van der Waals surface area contributed by atoms with E-state index in [0.29, 0.717) is 6.61 Å². The van der Waals surface area contributed by atoms with E-state index in [1.54, 1.807) is 0 Å². The van der Waals surface area contributed by atoms with E-state index in [-0.39, 0.29) is 12.1 Å². The Hall–Kier alpha value is -0.120. The zero-order chi connectivity index (χ0) is 8.74. The molecular weight excluding hydrogens is 142 g/mol. The van der Waals surface area contributed by atoms with Crippen molar-refractivity contribution in [3.05, 3.63) is 0 Å². The fourth-order valence-corrected chi connectivity index (χ4v) is 0.639. The van der Waals surface area contributed by atoms with E-state index in [2.05, 4.69) is 12.2 Å². The molecule has 11 heavy (non-hydrogen) atoms. The predicted octanol–water partition coefficient (Wildman–Crippen LogP) is 0.383. The van der Waals surface area contributed by atoms with E-state index < -0.39 is 0 Å². The van der Waals surface area contributed by atoms with E-state index in [1.165, 1.54) is 0 Å². The van der Waals surface area contributed by atoms with Crippen molar-refractivity contribution in [2.75, 3.05) is 26.9 Å². The molecule has 0 aliphatic rings. The van der Waals surface area contributed by atoms with Crippen LogP contribution in [-0.4, -0.2) is 37.5 Å². The molecule has 0 bridgehead atoms. The smallest absolute Gasteiger partial charge is 0.0667 e. The molecule has 0 aromatic carbocycles. The van der Waals surface area contributed by atoms with Crippen molar-refractivity contribution in [1.82, 2.24) is 5.32 Å². The van der Waals surface area contributed by atoms with Crippen molar-refractivity contribution in [2.24, 2.45) is 0 Å². The summed E-state index contributed by atoms with van der Waals surface area (Å²) < 4.78 is 5.31. The van der Waals surface area contributed by atoms with Gasteiger partial charge in [0, 0.05) is 6.61 Å². The lowest BCUT2D eigenvalue weighted by Gasteiger charge is -2.26. The number of rotatable bonds is 6. The second-order valence-corrected chi connectivity index (χ2v) is 3.02. The minimum absolute atomic E-state index is 0.104. The summed E-state index contributed by atoms with van der Waals surface area (Å²) in [6.07, 6.45) is 1.02. The molecule has 0 rings (SSSR count). The van der Waals surface area contributed by atoms with Gasteiger partial charge in [0.05, 0.1) is 18.8 Å². The maximum Gasteiger partial charge on any atom is 0.0667 e. The largest absolute Gasteiger partial charge is 0.394 e. The quantitative estimate of drug-likeness (QED) is 0.553. The summed E-state index contributed by atoms with van der Waals surface area (Å²) in [6, 6.07) is 0. The average Bonchev–Trinajstić information content (AvgIpc) is 2.05. The van der Waals surface area contributed by atoms with Gasteiger partial charge in [0.25, 0.3) is 0 Å². The van der Waals surface area contributed by atoms with Gasteiger partial charge in [-0.3, -0.25) is 0 Å². The number of aliphatic hydroxyl groups is 1. The molecule has 3 nitrogen and oxygen atoms in total. The Kier molecular flexibility index (Phi) is 5.46. The number of aliphatic hydroxyl groups excluding tert-OH is 1. The highest BCUT2D eigenvalue weighted by molar-refractivity contribution is 4.79. The lowest BCUT2D eigenvalue weighted by Crippen LogP contribution is -2.47. The molecule has 0 aromatic heterocycles. The minimum Gasteiger partial charge on any atom is -0.394 e. The minimum atomic E-state index is -0.283. The lowest BCUT2D eigenvalue weighted by atomic mass is 10.1. The zero-order valence-electron chi connectivity index (χ0n) is 7.68. The topological polar surface area (TPSA) is 41.5 Å². The van der Waals surface area contributed by atoms with Crippen LogP contribution in [0.15, 0.2) is 0 Å². The number of ether oxygens (including phenoxy) is 1. The Morgan fingerprint density at radius 2 is 2.18 bits per heavy atom. The van der Waals surface area contributed by atoms with E-state index >= 15 is 0 Å². The molecule has 2 N–H and O–H groups in total. The number of nitrogens with one attached hydrogen (secondary N) is 1. The van der Waals surface area contributed by atoms with Crippen molar-refractivity contribution >= 4 is 0 Å². The summed E-state index contributed by atoms with van der Waals surface area (Å²) in [7, 11) is 1.82. The van der Waals surface area contributed by atoms with Crippen LogP contribution in [0.2, 0.25) is 0 Å². The van der Waals surface area contributed by atoms with Gasteiger partial charge in [-0.15, -0.1) is 0 Å². The molecule has 0 heterocycles. The van der Waals surface area contributed by atoms with Gasteiger partial charge in [0.15, 0.2) is 0 Å². The van der Waals surface area contributed by atoms with Crippen molar-refractivity contribution in [1.29, 1.82) is 0 Å². The number of hydrogen-bond acceptors (Lipinski definition) is 3. The standard InChI is InChI=1S/C8H19NO2/c1-4-5-11-7-8(2,6-10)9-3/h9-10H,4-7H2,1-3H3. The van der Waals surface area contributed by atoms with Gasteiger partial charge in [0.1, 0.15) is 0 Å². The third-order valence-corrected chi connectivity index (χ3v) is 1.72. The van der Waals surface area contributed by atoms with Crippen molar-refractivity contribution in [3.63, 3.8) is 0 Å². The first-order valence-corrected chi connectivity index (χ1v) is 4.06. The van der Waals surface area contributed by atoms with Gasteiger partial charge < -0.3 is 15.2 Å². The molecule has 0 amide bonds. The van der Waals surface area contributed by atoms with Crippen LogP contribution < -0.4 is 5.32 Å². The van der Waals surface area contributed by atoms with Crippen molar-refractivity contribution < 1.29 is 9.84 Å². The van der Waals surface area contributed by atoms with Crippen LogP contribution in [-0.2, 0) is 4.74 Å². The summed E-state index contributed by atoms with van der Waals surface area (Å²) in [4.78, 5) is 0. The molecule has 0 saturated carbocycles. The van der Waals surface area contributed by atoms with Gasteiger partial charge in [0.2, 0.25) is 0 Å². The van der Waals surface area contributed by atoms with E-state index in [0.717, 1.165) is 13.0 Å². The molecule has 0 aromatic rings. The average molecular weight is 161 g/mol. The second kappa shape index (κ2) is 5.52. The molecule has 0 spiro atoms. The fraction of sp³-hybridized carbons (Fsp3) is 1.00. The van der Waals surface area contributed by atoms with E-state index in [9.17, 15) is 0 Å². The molecule has 0 saturated heterocycles. The molecule has 0 radical (unpaired) electrons. The van der Waals surface area contributed by atoms with Gasteiger partial charge in [-0.25, -0.2) is 0 Å². The van der Waals surface area contributed by atoms with Crippen LogP contribution in [0.1, 0.15) is 20.3 Å². The van der Waals surface area contributed by atoms with Gasteiger partial charge >= 0.3 is 0 Å². The van der Waals surface area contributed by atoms with Gasteiger partial charge in [-0.1, -0.05) is 6.92 Å². The molecule has 3 heteroatoms.